The highest BCUT2D eigenvalue weighted by Crippen LogP contribution is 2.26. The minimum atomic E-state index is -0.606. The second-order valence-electron chi connectivity index (χ2n) is 3.27. The van der Waals surface area contributed by atoms with Gasteiger partial charge < -0.3 is 4.74 Å². The standard InChI is InChI=1S/C11H9IN2O4/c1-2-18-11(15)5-7-8(6-13)9(12)3-4-10(7)14(16)17/h3-4H,2,5H2,1H3. The molecule has 0 aromatic heterocycles. The summed E-state index contributed by atoms with van der Waals surface area (Å²) in [5.74, 6) is -0.584. The molecular formula is C11H9IN2O4. The number of hydrogen-bond acceptors (Lipinski definition) is 5. The molecule has 6 nitrogen and oxygen atoms in total. The molecule has 0 heterocycles. The minimum Gasteiger partial charge on any atom is -0.466 e. The van der Waals surface area contributed by atoms with Crippen LogP contribution in [0.3, 0.4) is 0 Å². The molecule has 0 atom stereocenters. The van der Waals surface area contributed by atoms with E-state index >= 15 is 0 Å². The number of hydrogen-bond donors (Lipinski definition) is 0. The molecule has 1 aromatic carbocycles. The molecule has 0 saturated carbocycles. The molecule has 0 aliphatic heterocycles. The van der Waals surface area contributed by atoms with Gasteiger partial charge in [-0.15, -0.1) is 0 Å². The average Bonchev–Trinajstić information content (AvgIpc) is 2.29. The Hall–Kier alpha value is -1.69. The van der Waals surface area contributed by atoms with E-state index in [2.05, 4.69) is 0 Å². The number of esters is 1. The predicted octanol–water partition coefficient (Wildman–Crippen LogP) is 2.18. The second kappa shape index (κ2) is 6.30. The van der Waals surface area contributed by atoms with Gasteiger partial charge in [0.25, 0.3) is 5.69 Å². The quantitative estimate of drug-likeness (QED) is 0.355. The molecule has 0 saturated heterocycles. The van der Waals surface area contributed by atoms with Gasteiger partial charge in [0, 0.05) is 9.64 Å². The Morgan fingerprint density at radius 1 is 1.61 bits per heavy atom. The van der Waals surface area contributed by atoms with Gasteiger partial charge in [0.05, 0.1) is 29.1 Å². The summed E-state index contributed by atoms with van der Waals surface area (Å²) in [5, 5.41) is 19.9. The van der Waals surface area contributed by atoms with Crippen LogP contribution < -0.4 is 0 Å². The Labute approximate surface area is 117 Å². The zero-order valence-corrected chi connectivity index (χ0v) is 11.6. The maximum atomic E-state index is 11.4. The number of ether oxygens (including phenoxy) is 1. The summed E-state index contributed by atoms with van der Waals surface area (Å²) in [6, 6.07) is 4.65. The van der Waals surface area contributed by atoms with E-state index in [1.165, 1.54) is 12.1 Å². The number of carbonyl (C=O) groups excluding carboxylic acids is 1. The molecule has 0 aliphatic carbocycles. The number of carbonyl (C=O) groups is 1. The monoisotopic (exact) mass is 360 g/mol. The van der Waals surface area contributed by atoms with Crippen LogP contribution in [0.15, 0.2) is 12.1 Å². The van der Waals surface area contributed by atoms with Crippen molar-refractivity contribution in [3.63, 3.8) is 0 Å². The fourth-order valence-corrected chi connectivity index (χ4v) is 2.06. The van der Waals surface area contributed by atoms with Crippen LogP contribution in [0.2, 0.25) is 0 Å². The lowest BCUT2D eigenvalue weighted by molar-refractivity contribution is -0.385. The van der Waals surface area contributed by atoms with Crippen LogP contribution in [0.5, 0.6) is 0 Å². The third kappa shape index (κ3) is 3.16. The summed E-state index contributed by atoms with van der Waals surface area (Å²) in [5.41, 5.74) is 0.0192. The number of halogens is 1. The van der Waals surface area contributed by atoms with Gasteiger partial charge in [0.1, 0.15) is 6.07 Å². The van der Waals surface area contributed by atoms with E-state index in [-0.39, 0.29) is 29.8 Å². The first-order valence-corrected chi connectivity index (χ1v) is 6.10. The Balaban J connectivity index is 3.29. The third-order valence-corrected chi connectivity index (χ3v) is 3.07. The number of rotatable bonds is 4. The smallest absolute Gasteiger partial charge is 0.310 e. The van der Waals surface area contributed by atoms with E-state index < -0.39 is 10.9 Å². The maximum absolute atomic E-state index is 11.4. The van der Waals surface area contributed by atoms with Crippen LogP contribution in [0.25, 0.3) is 0 Å². The van der Waals surface area contributed by atoms with Crippen molar-refractivity contribution in [1.82, 2.24) is 0 Å². The van der Waals surface area contributed by atoms with Crippen LogP contribution in [0.1, 0.15) is 18.1 Å². The van der Waals surface area contributed by atoms with Gasteiger partial charge in [-0.3, -0.25) is 14.9 Å². The van der Waals surface area contributed by atoms with Crippen molar-refractivity contribution in [3.8, 4) is 6.07 Å². The zero-order chi connectivity index (χ0) is 13.7. The van der Waals surface area contributed by atoms with E-state index in [0.29, 0.717) is 3.57 Å². The first-order valence-electron chi connectivity index (χ1n) is 5.02. The summed E-state index contributed by atoms with van der Waals surface area (Å²) in [6.45, 7) is 1.84. The van der Waals surface area contributed by atoms with Crippen molar-refractivity contribution in [1.29, 1.82) is 5.26 Å². The Bertz CT molecular complexity index is 537. The van der Waals surface area contributed by atoms with Crippen molar-refractivity contribution in [2.75, 3.05) is 6.61 Å². The first kappa shape index (κ1) is 14.4. The second-order valence-corrected chi connectivity index (χ2v) is 4.43. The SMILES string of the molecule is CCOC(=O)Cc1c([N+](=O)[O-])ccc(I)c1C#N. The normalized spacial score (nSPS) is 9.61. The van der Waals surface area contributed by atoms with Gasteiger partial charge in [0.2, 0.25) is 0 Å². The van der Waals surface area contributed by atoms with E-state index in [4.69, 9.17) is 10.00 Å². The van der Waals surface area contributed by atoms with Crippen molar-refractivity contribution in [2.24, 2.45) is 0 Å². The van der Waals surface area contributed by atoms with Crippen LogP contribution in [-0.4, -0.2) is 17.5 Å². The topological polar surface area (TPSA) is 93.2 Å². The molecule has 94 valence electrons. The average molecular weight is 360 g/mol. The Morgan fingerprint density at radius 3 is 2.78 bits per heavy atom. The summed E-state index contributed by atoms with van der Waals surface area (Å²) in [6.07, 6.45) is -0.274. The van der Waals surface area contributed by atoms with E-state index in [1.807, 2.05) is 28.7 Å². The minimum absolute atomic E-state index is 0.104. The summed E-state index contributed by atoms with van der Waals surface area (Å²) < 4.78 is 5.32. The van der Waals surface area contributed by atoms with Gasteiger partial charge in [-0.25, -0.2) is 0 Å². The maximum Gasteiger partial charge on any atom is 0.310 e. The van der Waals surface area contributed by atoms with Gasteiger partial charge >= 0.3 is 5.97 Å². The molecule has 0 radical (unpaired) electrons. The summed E-state index contributed by atoms with van der Waals surface area (Å²) in [4.78, 5) is 21.7. The van der Waals surface area contributed by atoms with Crippen LogP contribution >= 0.6 is 22.6 Å². The van der Waals surface area contributed by atoms with Gasteiger partial charge in [-0.1, -0.05) is 0 Å². The van der Waals surface area contributed by atoms with Crippen molar-refractivity contribution in [3.05, 3.63) is 36.9 Å². The number of nitro groups is 1. The third-order valence-electron chi connectivity index (χ3n) is 2.17. The van der Waals surface area contributed by atoms with Crippen molar-refractivity contribution in [2.45, 2.75) is 13.3 Å². The number of nitro benzene ring substituents is 1. The molecule has 0 bridgehead atoms. The number of nitriles is 1. The molecule has 0 unspecified atom stereocenters. The van der Waals surface area contributed by atoms with E-state index in [0.717, 1.165) is 0 Å². The molecule has 0 spiro atoms. The van der Waals surface area contributed by atoms with E-state index in [1.54, 1.807) is 6.92 Å². The zero-order valence-electron chi connectivity index (χ0n) is 9.47. The van der Waals surface area contributed by atoms with Gasteiger partial charge in [0.15, 0.2) is 0 Å². The lowest BCUT2D eigenvalue weighted by Gasteiger charge is -2.06. The Kier molecular flexibility index (Phi) is 5.03. The molecule has 0 fully saturated rings. The Morgan fingerprint density at radius 2 is 2.28 bits per heavy atom. The molecule has 18 heavy (non-hydrogen) atoms. The number of benzene rings is 1. The lowest BCUT2D eigenvalue weighted by Crippen LogP contribution is -2.11. The molecule has 1 rings (SSSR count). The fraction of sp³-hybridized carbons (Fsp3) is 0.273. The highest BCUT2D eigenvalue weighted by molar-refractivity contribution is 14.1. The summed E-state index contributed by atoms with van der Waals surface area (Å²) in [7, 11) is 0. The van der Waals surface area contributed by atoms with Gasteiger partial charge in [-0.2, -0.15) is 5.26 Å². The lowest BCUT2D eigenvalue weighted by atomic mass is 10.0. The molecule has 0 N–H and O–H groups in total. The van der Waals surface area contributed by atoms with Crippen molar-refractivity contribution < 1.29 is 14.5 Å². The molecular weight excluding hydrogens is 351 g/mol. The highest BCUT2D eigenvalue weighted by atomic mass is 127. The largest absolute Gasteiger partial charge is 0.466 e. The first-order chi connectivity index (χ1) is 8.51. The van der Waals surface area contributed by atoms with Crippen LogP contribution in [0.4, 0.5) is 5.69 Å². The van der Waals surface area contributed by atoms with E-state index in [9.17, 15) is 14.9 Å². The van der Waals surface area contributed by atoms with Crippen LogP contribution in [-0.2, 0) is 16.0 Å². The highest BCUT2D eigenvalue weighted by Gasteiger charge is 2.22. The molecule has 0 amide bonds. The predicted molar refractivity (Wildman–Crippen MR) is 70.9 cm³/mol. The fourth-order valence-electron chi connectivity index (χ4n) is 1.44. The molecule has 0 aliphatic rings. The number of nitrogens with zero attached hydrogens (tertiary/aromatic N) is 2. The van der Waals surface area contributed by atoms with Crippen LogP contribution in [0, 0.1) is 25.0 Å². The van der Waals surface area contributed by atoms with Crippen molar-refractivity contribution >= 4 is 34.2 Å². The van der Waals surface area contributed by atoms with Gasteiger partial charge in [-0.05, 0) is 35.6 Å². The summed E-state index contributed by atoms with van der Waals surface area (Å²) >= 11 is 1.90. The molecule has 1 aromatic rings. The molecule has 7 heteroatoms.